The number of aryl methyl sites for hydroxylation is 1. The Balaban J connectivity index is 1.83. The molecule has 1 saturated heterocycles. The Kier molecular flexibility index (Phi) is 4.19. The molecule has 8 heteroatoms. The number of carbonyl (C=O) groups excluding carboxylic acids is 1. The smallest absolute Gasteiger partial charge is 0.291 e. The highest BCUT2D eigenvalue weighted by atomic mass is 19.3. The monoisotopic (exact) mass is 339 g/mol. The van der Waals surface area contributed by atoms with Gasteiger partial charge in [0.15, 0.2) is 0 Å². The van der Waals surface area contributed by atoms with Gasteiger partial charge < -0.3 is 15.5 Å². The van der Waals surface area contributed by atoms with Crippen LogP contribution in [0.25, 0.3) is 0 Å². The molecule has 1 saturated carbocycles. The van der Waals surface area contributed by atoms with Crippen molar-refractivity contribution in [2.24, 2.45) is 5.73 Å². The normalized spacial score (nSPS) is 23.2. The maximum absolute atomic E-state index is 13.0. The fraction of sp³-hybridized carbons (Fsp3) is 0.688. The van der Waals surface area contributed by atoms with Crippen molar-refractivity contribution in [1.82, 2.24) is 14.9 Å². The van der Waals surface area contributed by atoms with Crippen molar-refractivity contribution in [3.63, 3.8) is 0 Å². The average molecular weight is 339 g/mol. The lowest BCUT2D eigenvalue weighted by atomic mass is 9.87. The Morgan fingerprint density at radius 2 is 2.00 bits per heavy atom. The van der Waals surface area contributed by atoms with E-state index in [2.05, 4.69) is 14.9 Å². The van der Waals surface area contributed by atoms with Gasteiger partial charge in [-0.05, 0) is 20.3 Å². The van der Waals surface area contributed by atoms with Crippen molar-refractivity contribution in [1.29, 1.82) is 0 Å². The first-order valence-electron chi connectivity index (χ1n) is 8.19. The molecule has 132 valence electrons. The van der Waals surface area contributed by atoms with Gasteiger partial charge in [0.05, 0.1) is 0 Å². The highest BCUT2D eigenvalue weighted by Crippen LogP contribution is 2.40. The topological polar surface area (TPSA) is 75.4 Å². The number of alkyl halides is 2. The van der Waals surface area contributed by atoms with Crippen LogP contribution in [0.5, 0.6) is 0 Å². The lowest BCUT2D eigenvalue weighted by Crippen LogP contribution is -2.51. The Labute approximate surface area is 140 Å². The van der Waals surface area contributed by atoms with Gasteiger partial charge in [-0.1, -0.05) is 0 Å². The number of nitrogens with two attached hydrogens (primary N) is 1. The van der Waals surface area contributed by atoms with E-state index in [9.17, 15) is 13.6 Å². The van der Waals surface area contributed by atoms with E-state index in [1.807, 2.05) is 13.8 Å². The minimum Gasteiger partial charge on any atom is -0.355 e. The molecule has 2 aliphatic rings. The van der Waals surface area contributed by atoms with Gasteiger partial charge in [0, 0.05) is 56.3 Å². The Morgan fingerprint density at radius 1 is 1.33 bits per heavy atom. The van der Waals surface area contributed by atoms with E-state index in [1.165, 1.54) is 11.9 Å². The number of hydrogen-bond donors (Lipinski definition) is 1. The molecule has 0 bridgehead atoms. The van der Waals surface area contributed by atoms with Crippen LogP contribution in [0.1, 0.15) is 41.1 Å². The predicted octanol–water partition coefficient (Wildman–Crippen LogP) is 1.50. The van der Waals surface area contributed by atoms with Crippen LogP contribution in [0.3, 0.4) is 0 Å². The van der Waals surface area contributed by atoms with E-state index in [0.29, 0.717) is 12.4 Å². The predicted molar refractivity (Wildman–Crippen MR) is 86.4 cm³/mol. The first-order valence-corrected chi connectivity index (χ1v) is 8.19. The molecule has 1 amide bonds. The van der Waals surface area contributed by atoms with Crippen LogP contribution in [0.2, 0.25) is 0 Å². The molecule has 2 fully saturated rings. The number of rotatable bonds is 3. The lowest BCUT2D eigenvalue weighted by molar-refractivity contribution is -0.112. The SMILES string of the molecule is Cc1nc(C(=O)N(C)C2CC(F)(F)C2)nc(N2CC[C@@H](N)C2)c1C. The standard InChI is InChI=1S/C16H23F2N5O/c1-9-10(2)20-13(21-14(9)23-5-4-11(19)8-23)15(24)22(3)12-6-16(17,18)7-12/h11-12H,4-8,19H2,1-3H3/t11-/m1/s1. The number of halogens is 2. The van der Waals surface area contributed by atoms with E-state index in [4.69, 9.17) is 5.73 Å². The van der Waals surface area contributed by atoms with Gasteiger partial charge in [0.1, 0.15) is 5.82 Å². The summed E-state index contributed by atoms with van der Waals surface area (Å²) in [5.41, 5.74) is 7.59. The van der Waals surface area contributed by atoms with Crippen molar-refractivity contribution in [3.05, 3.63) is 17.1 Å². The summed E-state index contributed by atoms with van der Waals surface area (Å²) in [6, 6.07) is -0.361. The van der Waals surface area contributed by atoms with Gasteiger partial charge in [0.2, 0.25) is 5.82 Å². The largest absolute Gasteiger partial charge is 0.355 e. The highest BCUT2D eigenvalue weighted by molar-refractivity contribution is 5.91. The van der Waals surface area contributed by atoms with E-state index in [-0.39, 0.29) is 24.7 Å². The van der Waals surface area contributed by atoms with Crippen LogP contribution >= 0.6 is 0 Å². The van der Waals surface area contributed by atoms with E-state index in [0.717, 1.165) is 24.2 Å². The van der Waals surface area contributed by atoms with Gasteiger partial charge in [-0.2, -0.15) is 0 Å². The third kappa shape index (κ3) is 3.07. The summed E-state index contributed by atoms with van der Waals surface area (Å²) in [7, 11) is 1.53. The van der Waals surface area contributed by atoms with Crippen molar-refractivity contribution < 1.29 is 13.6 Å². The molecule has 1 atom stereocenters. The molecule has 1 aliphatic heterocycles. The molecule has 6 nitrogen and oxygen atoms in total. The summed E-state index contributed by atoms with van der Waals surface area (Å²) >= 11 is 0. The third-order valence-electron chi connectivity index (χ3n) is 5.02. The van der Waals surface area contributed by atoms with Crippen LogP contribution < -0.4 is 10.6 Å². The molecule has 3 rings (SSSR count). The molecule has 24 heavy (non-hydrogen) atoms. The first kappa shape index (κ1) is 17.0. The molecule has 2 heterocycles. The molecule has 2 N–H and O–H groups in total. The summed E-state index contributed by atoms with van der Waals surface area (Å²) in [6.45, 7) is 5.22. The number of anilines is 1. The zero-order chi connectivity index (χ0) is 17.6. The molecular weight excluding hydrogens is 316 g/mol. The van der Waals surface area contributed by atoms with Crippen LogP contribution in [-0.2, 0) is 0 Å². The average Bonchev–Trinajstić information content (AvgIpc) is 2.92. The molecule has 0 spiro atoms. The molecule has 1 aromatic rings. The maximum Gasteiger partial charge on any atom is 0.291 e. The fourth-order valence-electron chi connectivity index (χ4n) is 3.22. The minimum atomic E-state index is -2.67. The van der Waals surface area contributed by atoms with Crippen LogP contribution in [-0.4, -0.2) is 58.9 Å². The van der Waals surface area contributed by atoms with Crippen molar-refractivity contribution >= 4 is 11.7 Å². The van der Waals surface area contributed by atoms with Crippen LogP contribution in [0.4, 0.5) is 14.6 Å². The Hall–Kier alpha value is -1.83. The number of carbonyl (C=O) groups is 1. The number of aromatic nitrogens is 2. The minimum absolute atomic E-state index is 0.0614. The summed E-state index contributed by atoms with van der Waals surface area (Å²) in [4.78, 5) is 24.7. The van der Waals surface area contributed by atoms with Crippen LogP contribution in [0, 0.1) is 13.8 Å². The van der Waals surface area contributed by atoms with E-state index in [1.54, 1.807) is 0 Å². The zero-order valence-electron chi connectivity index (χ0n) is 14.2. The summed E-state index contributed by atoms with van der Waals surface area (Å²) in [5, 5.41) is 0. The fourth-order valence-corrected chi connectivity index (χ4v) is 3.22. The second kappa shape index (κ2) is 5.91. The molecule has 1 aromatic heterocycles. The van der Waals surface area contributed by atoms with Gasteiger partial charge in [-0.15, -0.1) is 0 Å². The molecular formula is C16H23F2N5O. The van der Waals surface area contributed by atoms with Gasteiger partial charge in [-0.3, -0.25) is 4.79 Å². The van der Waals surface area contributed by atoms with E-state index >= 15 is 0 Å². The van der Waals surface area contributed by atoms with Gasteiger partial charge in [-0.25, -0.2) is 18.7 Å². The zero-order valence-corrected chi connectivity index (χ0v) is 14.2. The van der Waals surface area contributed by atoms with Crippen molar-refractivity contribution in [3.8, 4) is 0 Å². The molecule has 0 aromatic carbocycles. The van der Waals surface area contributed by atoms with Crippen molar-refractivity contribution in [2.45, 2.75) is 51.1 Å². The lowest BCUT2D eigenvalue weighted by Gasteiger charge is -2.40. The number of nitrogens with zero attached hydrogens (tertiary/aromatic N) is 4. The first-order chi connectivity index (χ1) is 11.2. The second-order valence-corrected chi connectivity index (χ2v) is 6.91. The Bertz CT molecular complexity index is 658. The molecule has 0 radical (unpaired) electrons. The molecule has 1 aliphatic carbocycles. The maximum atomic E-state index is 13.0. The van der Waals surface area contributed by atoms with Crippen molar-refractivity contribution in [2.75, 3.05) is 25.0 Å². The molecule has 0 unspecified atom stereocenters. The second-order valence-electron chi connectivity index (χ2n) is 6.91. The van der Waals surface area contributed by atoms with Gasteiger partial charge >= 0.3 is 0 Å². The Morgan fingerprint density at radius 3 is 2.54 bits per heavy atom. The highest BCUT2D eigenvalue weighted by Gasteiger charge is 2.48. The van der Waals surface area contributed by atoms with E-state index < -0.39 is 17.9 Å². The summed E-state index contributed by atoms with van der Waals surface area (Å²) in [5.74, 6) is -2.30. The quantitative estimate of drug-likeness (QED) is 0.903. The number of amides is 1. The van der Waals surface area contributed by atoms with Crippen LogP contribution in [0.15, 0.2) is 0 Å². The third-order valence-corrected chi connectivity index (χ3v) is 5.02. The summed E-state index contributed by atoms with van der Waals surface area (Å²) < 4.78 is 26.1. The van der Waals surface area contributed by atoms with Gasteiger partial charge in [0.25, 0.3) is 11.8 Å². The number of hydrogen-bond acceptors (Lipinski definition) is 5. The summed E-state index contributed by atoms with van der Waals surface area (Å²) in [6.07, 6.45) is 0.282.